The molecule has 88 valence electrons. The van der Waals surface area contributed by atoms with Crippen LogP contribution in [0.4, 0.5) is 0 Å². The zero-order valence-corrected chi connectivity index (χ0v) is 9.66. The molecule has 16 heavy (non-hydrogen) atoms. The standard InChI is InChI=1S/C13H19NO2/c1-9-11(15)6-5-10(12(9)16)13(14)7-3-2-4-8-13/h5-6,15-16H,2-4,7-8,14H2,1H3. The Labute approximate surface area is 95.9 Å². The summed E-state index contributed by atoms with van der Waals surface area (Å²) in [4.78, 5) is 0. The molecule has 0 aliphatic heterocycles. The van der Waals surface area contributed by atoms with Crippen LogP contribution in [0.25, 0.3) is 0 Å². The van der Waals surface area contributed by atoms with E-state index in [1.54, 1.807) is 19.1 Å². The minimum Gasteiger partial charge on any atom is -0.508 e. The quantitative estimate of drug-likeness (QED) is 0.682. The molecule has 1 aromatic rings. The van der Waals surface area contributed by atoms with E-state index in [1.165, 1.54) is 6.42 Å². The van der Waals surface area contributed by atoms with E-state index < -0.39 is 5.54 Å². The van der Waals surface area contributed by atoms with Crippen molar-refractivity contribution < 1.29 is 10.2 Å². The van der Waals surface area contributed by atoms with Gasteiger partial charge >= 0.3 is 0 Å². The van der Waals surface area contributed by atoms with Gasteiger partial charge in [-0.3, -0.25) is 0 Å². The van der Waals surface area contributed by atoms with Gasteiger partial charge in [-0.05, 0) is 31.9 Å². The van der Waals surface area contributed by atoms with Gasteiger partial charge < -0.3 is 15.9 Å². The predicted molar refractivity (Wildman–Crippen MR) is 63.5 cm³/mol. The van der Waals surface area contributed by atoms with E-state index in [4.69, 9.17) is 5.73 Å². The fraction of sp³-hybridized carbons (Fsp3) is 0.538. The van der Waals surface area contributed by atoms with E-state index in [2.05, 4.69) is 0 Å². The number of rotatable bonds is 1. The first-order valence-corrected chi connectivity index (χ1v) is 5.85. The first-order chi connectivity index (χ1) is 7.54. The number of aromatic hydroxyl groups is 2. The zero-order chi connectivity index (χ0) is 11.8. The van der Waals surface area contributed by atoms with E-state index in [-0.39, 0.29) is 11.5 Å². The molecule has 0 radical (unpaired) electrons. The summed E-state index contributed by atoms with van der Waals surface area (Å²) in [7, 11) is 0. The van der Waals surface area contributed by atoms with Crippen LogP contribution in [0.2, 0.25) is 0 Å². The van der Waals surface area contributed by atoms with E-state index in [9.17, 15) is 10.2 Å². The van der Waals surface area contributed by atoms with Crippen molar-refractivity contribution in [2.75, 3.05) is 0 Å². The van der Waals surface area contributed by atoms with Gasteiger partial charge in [-0.15, -0.1) is 0 Å². The van der Waals surface area contributed by atoms with Crippen molar-refractivity contribution in [3.63, 3.8) is 0 Å². The van der Waals surface area contributed by atoms with Crippen molar-refractivity contribution in [2.24, 2.45) is 5.73 Å². The van der Waals surface area contributed by atoms with Gasteiger partial charge in [0.25, 0.3) is 0 Å². The first kappa shape index (κ1) is 11.3. The molecule has 4 N–H and O–H groups in total. The number of hydrogen-bond acceptors (Lipinski definition) is 3. The Hall–Kier alpha value is -1.22. The molecule has 0 amide bonds. The Balaban J connectivity index is 2.43. The normalized spacial score (nSPS) is 19.6. The van der Waals surface area contributed by atoms with Crippen LogP contribution in [-0.2, 0) is 5.54 Å². The zero-order valence-electron chi connectivity index (χ0n) is 9.66. The fourth-order valence-electron chi connectivity index (χ4n) is 2.54. The largest absolute Gasteiger partial charge is 0.508 e. The van der Waals surface area contributed by atoms with Gasteiger partial charge in [0.15, 0.2) is 0 Å². The van der Waals surface area contributed by atoms with Crippen LogP contribution in [0.1, 0.15) is 43.2 Å². The highest BCUT2D eigenvalue weighted by Gasteiger charge is 2.32. The minimum atomic E-state index is -0.416. The average Bonchev–Trinajstić information content (AvgIpc) is 2.27. The first-order valence-electron chi connectivity index (χ1n) is 5.85. The molecule has 1 saturated carbocycles. The molecule has 0 heterocycles. The maximum Gasteiger partial charge on any atom is 0.127 e. The SMILES string of the molecule is Cc1c(O)ccc(C2(N)CCCCC2)c1O. The number of hydrogen-bond donors (Lipinski definition) is 3. The number of phenolic OH excluding ortho intramolecular Hbond substituents is 2. The van der Waals surface area contributed by atoms with Gasteiger partial charge in [-0.1, -0.05) is 19.3 Å². The molecule has 3 nitrogen and oxygen atoms in total. The average molecular weight is 221 g/mol. The molecule has 0 atom stereocenters. The summed E-state index contributed by atoms with van der Waals surface area (Å²) in [5.74, 6) is 0.282. The van der Waals surface area contributed by atoms with Crippen LogP contribution in [0.5, 0.6) is 11.5 Å². The second-order valence-electron chi connectivity index (χ2n) is 4.82. The maximum absolute atomic E-state index is 10.1. The predicted octanol–water partition coefficient (Wildman–Crippen LogP) is 2.52. The lowest BCUT2D eigenvalue weighted by Crippen LogP contribution is -2.38. The van der Waals surface area contributed by atoms with E-state index in [1.807, 2.05) is 0 Å². The van der Waals surface area contributed by atoms with Crippen molar-refractivity contribution in [1.29, 1.82) is 0 Å². The summed E-state index contributed by atoms with van der Waals surface area (Å²) in [5.41, 5.74) is 7.24. The lowest BCUT2D eigenvalue weighted by atomic mass is 9.76. The minimum absolute atomic E-state index is 0.126. The monoisotopic (exact) mass is 221 g/mol. The van der Waals surface area contributed by atoms with Crippen LogP contribution >= 0.6 is 0 Å². The summed E-state index contributed by atoms with van der Waals surface area (Å²) in [5, 5.41) is 19.6. The molecule has 3 heteroatoms. The molecule has 0 bridgehead atoms. The molecule has 0 unspecified atom stereocenters. The summed E-state index contributed by atoms with van der Waals surface area (Å²) >= 11 is 0. The van der Waals surface area contributed by atoms with Gasteiger partial charge in [0.1, 0.15) is 11.5 Å². The van der Waals surface area contributed by atoms with Crippen LogP contribution in [0.15, 0.2) is 12.1 Å². The molecule has 1 fully saturated rings. The molecule has 0 saturated heterocycles. The number of nitrogens with two attached hydrogens (primary N) is 1. The second kappa shape index (κ2) is 3.98. The maximum atomic E-state index is 10.1. The van der Waals surface area contributed by atoms with Crippen LogP contribution in [-0.4, -0.2) is 10.2 Å². The summed E-state index contributed by atoms with van der Waals surface area (Å²) < 4.78 is 0. The Morgan fingerprint density at radius 1 is 1.12 bits per heavy atom. The fourth-order valence-corrected chi connectivity index (χ4v) is 2.54. The molecule has 2 rings (SSSR count). The Bertz CT molecular complexity index is 395. The van der Waals surface area contributed by atoms with Gasteiger partial charge in [-0.2, -0.15) is 0 Å². The molecule has 1 aliphatic rings. The van der Waals surface area contributed by atoms with Gasteiger partial charge in [-0.25, -0.2) is 0 Å². The highest BCUT2D eigenvalue weighted by Crippen LogP contribution is 2.41. The van der Waals surface area contributed by atoms with Crippen molar-refractivity contribution in [3.05, 3.63) is 23.3 Å². The third-order valence-corrected chi connectivity index (χ3v) is 3.68. The van der Waals surface area contributed by atoms with Crippen LogP contribution in [0, 0.1) is 6.92 Å². The van der Waals surface area contributed by atoms with Crippen molar-refractivity contribution >= 4 is 0 Å². The molecule has 1 aliphatic carbocycles. The van der Waals surface area contributed by atoms with Gasteiger partial charge in [0.05, 0.1) is 0 Å². The highest BCUT2D eigenvalue weighted by molar-refractivity contribution is 5.50. The second-order valence-corrected chi connectivity index (χ2v) is 4.82. The van der Waals surface area contributed by atoms with Gasteiger partial charge in [0.2, 0.25) is 0 Å². The van der Waals surface area contributed by atoms with E-state index in [0.29, 0.717) is 5.56 Å². The van der Waals surface area contributed by atoms with Crippen molar-refractivity contribution in [1.82, 2.24) is 0 Å². The molecule has 0 spiro atoms. The van der Waals surface area contributed by atoms with E-state index >= 15 is 0 Å². The third-order valence-electron chi connectivity index (χ3n) is 3.68. The highest BCUT2D eigenvalue weighted by atomic mass is 16.3. The van der Waals surface area contributed by atoms with Crippen LogP contribution < -0.4 is 5.73 Å². The molecular formula is C13H19NO2. The topological polar surface area (TPSA) is 66.5 Å². The molecular weight excluding hydrogens is 202 g/mol. The smallest absolute Gasteiger partial charge is 0.127 e. The third kappa shape index (κ3) is 1.76. The molecule has 0 aromatic heterocycles. The number of phenols is 2. The lowest BCUT2D eigenvalue weighted by molar-refractivity contribution is 0.291. The Kier molecular flexibility index (Phi) is 2.80. The Morgan fingerprint density at radius 3 is 2.38 bits per heavy atom. The van der Waals surface area contributed by atoms with Crippen molar-refractivity contribution in [2.45, 2.75) is 44.6 Å². The number of benzene rings is 1. The van der Waals surface area contributed by atoms with Gasteiger partial charge in [0, 0.05) is 16.7 Å². The van der Waals surface area contributed by atoms with Crippen LogP contribution in [0.3, 0.4) is 0 Å². The lowest BCUT2D eigenvalue weighted by Gasteiger charge is -2.34. The van der Waals surface area contributed by atoms with E-state index in [0.717, 1.165) is 31.2 Å². The Morgan fingerprint density at radius 2 is 1.75 bits per heavy atom. The summed E-state index contributed by atoms with van der Waals surface area (Å²) in [6.07, 6.45) is 5.25. The summed E-state index contributed by atoms with van der Waals surface area (Å²) in [6.45, 7) is 1.71. The summed E-state index contributed by atoms with van der Waals surface area (Å²) in [6, 6.07) is 3.37. The van der Waals surface area contributed by atoms with Crippen molar-refractivity contribution in [3.8, 4) is 11.5 Å². The molecule has 1 aromatic carbocycles.